The van der Waals surface area contributed by atoms with Crippen LogP contribution in [0.25, 0.3) is 83.0 Å². The first kappa shape index (κ1) is 23.0. The Morgan fingerprint density at radius 2 is 1.10 bits per heavy atom. The van der Waals surface area contributed by atoms with Gasteiger partial charge >= 0.3 is 0 Å². The van der Waals surface area contributed by atoms with E-state index in [4.69, 9.17) is 14.4 Å². The highest BCUT2D eigenvalue weighted by atomic mass is 16.3. The van der Waals surface area contributed by atoms with Crippen LogP contribution in [0.15, 0.2) is 144 Å². The van der Waals surface area contributed by atoms with Crippen molar-refractivity contribution in [3.05, 3.63) is 140 Å². The van der Waals surface area contributed by atoms with Gasteiger partial charge in [-0.05, 0) is 41.5 Å². The van der Waals surface area contributed by atoms with Gasteiger partial charge in [0.15, 0.2) is 0 Å². The second-order valence-corrected chi connectivity index (χ2v) is 10.6. The largest absolute Gasteiger partial charge is 0.456 e. The van der Waals surface area contributed by atoms with Gasteiger partial charge in [-0.25, -0.2) is 9.97 Å². The van der Waals surface area contributed by atoms with Crippen molar-refractivity contribution < 1.29 is 4.42 Å². The Bertz CT molecular complexity index is 2450. The lowest BCUT2D eigenvalue weighted by Gasteiger charge is -2.12. The first-order valence-corrected chi connectivity index (χ1v) is 14.1. The maximum atomic E-state index is 6.26. The third kappa shape index (κ3) is 3.36. The predicted octanol–water partition coefficient (Wildman–Crippen LogP) is 9.96. The number of aromatic nitrogens is 3. The van der Waals surface area contributed by atoms with Crippen molar-refractivity contribution in [3.8, 4) is 28.3 Å². The molecular formula is C38H23N3O. The van der Waals surface area contributed by atoms with E-state index < -0.39 is 0 Å². The lowest BCUT2D eigenvalue weighted by atomic mass is 10.0. The Labute approximate surface area is 241 Å². The smallest absolute Gasteiger partial charge is 0.235 e. The molecule has 9 aromatic rings. The van der Waals surface area contributed by atoms with E-state index in [1.165, 1.54) is 11.1 Å². The molecule has 0 saturated carbocycles. The molecule has 0 N–H and O–H groups in total. The van der Waals surface area contributed by atoms with Crippen LogP contribution < -0.4 is 0 Å². The lowest BCUT2D eigenvalue weighted by molar-refractivity contribution is 0.669. The van der Waals surface area contributed by atoms with Crippen molar-refractivity contribution >= 4 is 54.6 Å². The molecule has 3 aromatic heterocycles. The monoisotopic (exact) mass is 537 g/mol. The molecule has 4 heteroatoms. The van der Waals surface area contributed by atoms with Crippen molar-refractivity contribution in [1.29, 1.82) is 0 Å². The van der Waals surface area contributed by atoms with E-state index in [-0.39, 0.29) is 0 Å². The normalized spacial score (nSPS) is 11.8. The number of fused-ring (bicyclic) bond motifs is 8. The summed E-state index contributed by atoms with van der Waals surface area (Å²) in [6.45, 7) is 0. The van der Waals surface area contributed by atoms with E-state index in [0.717, 1.165) is 65.9 Å². The van der Waals surface area contributed by atoms with Crippen molar-refractivity contribution in [2.75, 3.05) is 0 Å². The third-order valence-electron chi connectivity index (χ3n) is 8.23. The average Bonchev–Trinajstić information content (AvgIpc) is 3.60. The Balaban J connectivity index is 1.33. The number of hydrogen-bond acceptors (Lipinski definition) is 3. The SMILES string of the molecule is c1ccc(-c2ccc(-c3nc(-n4c5ccccc5c5c6c(ccc54)oc4ccccc46)nc4ccccc34)cc2)cc1. The molecule has 0 aliphatic carbocycles. The van der Waals surface area contributed by atoms with Gasteiger partial charge in [0.25, 0.3) is 0 Å². The van der Waals surface area contributed by atoms with E-state index >= 15 is 0 Å². The van der Waals surface area contributed by atoms with Crippen LogP contribution >= 0.6 is 0 Å². The van der Waals surface area contributed by atoms with Crippen LogP contribution in [-0.2, 0) is 0 Å². The highest BCUT2D eigenvalue weighted by molar-refractivity contribution is 6.27. The van der Waals surface area contributed by atoms with Gasteiger partial charge in [-0.15, -0.1) is 0 Å². The van der Waals surface area contributed by atoms with Gasteiger partial charge in [0.2, 0.25) is 5.95 Å². The quantitative estimate of drug-likeness (QED) is 0.225. The first-order valence-electron chi connectivity index (χ1n) is 14.1. The first-order chi connectivity index (χ1) is 20.8. The molecule has 0 unspecified atom stereocenters. The van der Waals surface area contributed by atoms with Crippen molar-refractivity contribution in [2.45, 2.75) is 0 Å². The number of para-hydroxylation sites is 3. The molecule has 0 radical (unpaired) electrons. The molecule has 42 heavy (non-hydrogen) atoms. The third-order valence-corrected chi connectivity index (χ3v) is 8.23. The van der Waals surface area contributed by atoms with Gasteiger partial charge < -0.3 is 4.42 Å². The second kappa shape index (κ2) is 8.88. The summed E-state index contributed by atoms with van der Waals surface area (Å²) in [5.74, 6) is 0.647. The van der Waals surface area contributed by atoms with Gasteiger partial charge in [-0.3, -0.25) is 4.57 Å². The Hall–Kier alpha value is -5.74. The molecule has 6 aromatic carbocycles. The maximum Gasteiger partial charge on any atom is 0.235 e. The van der Waals surface area contributed by atoms with Gasteiger partial charge in [-0.2, -0.15) is 0 Å². The van der Waals surface area contributed by atoms with E-state index in [2.05, 4.69) is 120 Å². The van der Waals surface area contributed by atoms with Crippen LogP contribution in [0.2, 0.25) is 0 Å². The van der Waals surface area contributed by atoms with Gasteiger partial charge in [0.05, 0.1) is 22.2 Å². The minimum atomic E-state index is 0.647. The fraction of sp³-hybridized carbons (Fsp3) is 0. The number of furan rings is 1. The minimum absolute atomic E-state index is 0.647. The Morgan fingerprint density at radius 1 is 0.429 bits per heavy atom. The zero-order chi connectivity index (χ0) is 27.6. The highest BCUT2D eigenvalue weighted by Gasteiger charge is 2.20. The Kier molecular flexibility index (Phi) is 4.87. The van der Waals surface area contributed by atoms with Crippen molar-refractivity contribution in [1.82, 2.24) is 14.5 Å². The van der Waals surface area contributed by atoms with Crippen molar-refractivity contribution in [3.63, 3.8) is 0 Å². The molecule has 196 valence electrons. The summed E-state index contributed by atoms with van der Waals surface area (Å²) in [4.78, 5) is 10.4. The molecule has 3 heterocycles. The minimum Gasteiger partial charge on any atom is -0.456 e. The predicted molar refractivity (Wildman–Crippen MR) is 172 cm³/mol. The standard InChI is InChI=1S/C38H23N3O/c1-2-10-24(11-3-1)25-18-20-26(21-19-25)37-27-12-4-7-15-30(27)39-38(40-37)41-31-16-8-5-13-28(31)35-32(41)22-23-34-36(35)29-14-6-9-17-33(29)42-34/h1-23H. The summed E-state index contributed by atoms with van der Waals surface area (Å²) in [6.07, 6.45) is 0. The molecule has 0 aliphatic rings. The van der Waals surface area contributed by atoms with Crippen LogP contribution in [0.1, 0.15) is 0 Å². The van der Waals surface area contributed by atoms with E-state index in [0.29, 0.717) is 5.95 Å². The van der Waals surface area contributed by atoms with Gasteiger partial charge in [0, 0.05) is 32.5 Å². The molecule has 9 rings (SSSR count). The van der Waals surface area contributed by atoms with E-state index in [1.807, 2.05) is 24.3 Å². The number of benzene rings is 6. The molecule has 0 fully saturated rings. The second-order valence-electron chi connectivity index (χ2n) is 10.6. The van der Waals surface area contributed by atoms with Crippen LogP contribution in [0.5, 0.6) is 0 Å². The maximum absolute atomic E-state index is 6.26. The van der Waals surface area contributed by atoms with Crippen LogP contribution in [0, 0.1) is 0 Å². The van der Waals surface area contributed by atoms with Crippen molar-refractivity contribution in [2.24, 2.45) is 0 Å². The summed E-state index contributed by atoms with van der Waals surface area (Å²) >= 11 is 0. The summed E-state index contributed by atoms with van der Waals surface area (Å²) in [5.41, 5.74) is 9.13. The van der Waals surface area contributed by atoms with Crippen LogP contribution in [0.3, 0.4) is 0 Å². The molecule has 0 amide bonds. The van der Waals surface area contributed by atoms with Gasteiger partial charge in [-0.1, -0.05) is 109 Å². The van der Waals surface area contributed by atoms with Crippen LogP contribution in [0.4, 0.5) is 0 Å². The topological polar surface area (TPSA) is 43.9 Å². The summed E-state index contributed by atoms with van der Waals surface area (Å²) < 4.78 is 8.45. The summed E-state index contributed by atoms with van der Waals surface area (Å²) in [7, 11) is 0. The summed E-state index contributed by atoms with van der Waals surface area (Å²) in [6, 6.07) is 48.3. The fourth-order valence-corrected chi connectivity index (χ4v) is 6.33. The molecule has 0 spiro atoms. The van der Waals surface area contributed by atoms with Gasteiger partial charge in [0.1, 0.15) is 11.2 Å². The highest BCUT2D eigenvalue weighted by Crippen LogP contribution is 2.41. The molecular weight excluding hydrogens is 514 g/mol. The Morgan fingerprint density at radius 3 is 1.95 bits per heavy atom. The molecule has 0 atom stereocenters. The summed E-state index contributed by atoms with van der Waals surface area (Å²) in [5, 5.41) is 5.56. The average molecular weight is 538 g/mol. The molecule has 0 aliphatic heterocycles. The zero-order valence-corrected chi connectivity index (χ0v) is 22.5. The van der Waals surface area contributed by atoms with Crippen LogP contribution in [-0.4, -0.2) is 14.5 Å². The molecule has 0 bridgehead atoms. The number of nitrogens with zero attached hydrogens (tertiary/aromatic N) is 3. The van der Waals surface area contributed by atoms with E-state index in [9.17, 15) is 0 Å². The number of rotatable bonds is 3. The number of hydrogen-bond donors (Lipinski definition) is 0. The molecule has 4 nitrogen and oxygen atoms in total. The fourth-order valence-electron chi connectivity index (χ4n) is 6.33. The van der Waals surface area contributed by atoms with E-state index in [1.54, 1.807) is 0 Å². The lowest BCUT2D eigenvalue weighted by Crippen LogP contribution is -2.03. The molecule has 0 saturated heterocycles. The zero-order valence-electron chi connectivity index (χ0n) is 22.5.